The Morgan fingerprint density at radius 1 is 1.47 bits per heavy atom. The Balaban J connectivity index is 1.86. The highest BCUT2D eigenvalue weighted by Crippen LogP contribution is 2.27. The van der Waals surface area contributed by atoms with Gasteiger partial charge in [-0.25, -0.2) is 4.98 Å². The number of nitrogens with zero attached hydrogens (tertiary/aromatic N) is 1. The highest BCUT2D eigenvalue weighted by atomic mass is 16.1. The van der Waals surface area contributed by atoms with Gasteiger partial charge in [0.25, 0.3) is 0 Å². The fourth-order valence-electron chi connectivity index (χ4n) is 1.74. The predicted octanol–water partition coefficient (Wildman–Crippen LogP) is 2.64. The lowest BCUT2D eigenvalue weighted by Crippen LogP contribution is -2.28. The van der Waals surface area contributed by atoms with E-state index >= 15 is 0 Å². The zero-order valence-electron chi connectivity index (χ0n) is 10.2. The molecule has 4 nitrogen and oxygen atoms in total. The van der Waals surface area contributed by atoms with Gasteiger partial charge in [0.15, 0.2) is 0 Å². The van der Waals surface area contributed by atoms with Crippen molar-refractivity contribution in [1.29, 1.82) is 0 Å². The van der Waals surface area contributed by atoms with Crippen molar-refractivity contribution in [3.63, 3.8) is 0 Å². The SMILES string of the molecule is CCCNc1ccc(NC(=O)C2CCC2)cn1. The van der Waals surface area contributed by atoms with Crippen molar-refractivity contribution in [2.75, 3.05) is 17.2 Å². The van der Waals surface area contributed by atoms with Crippen molar-refractivity contribution in [1.82, 2.24) is 4.98 Å². The molecule has 0 aromatic carbocycles. The Morgan fingerprint density at radius 2 is 2.29 bits per heavy atom. The second kappa shape index (κ2) is 5.66. The van der Waals surface area contributed by atoms with Crippen LogP contribution in [-0.4, -0.2) is 17.4 Å². The summed E-state index contributed by atoms with van der Waals surface area (Å²) in [4.78, 5) is 15.9. The van der Waals surface area contributed by atoms with E-state index in [0.717, 1.165) is 37.3 Å². The van der Waals surface area contributed by atoms with E-state index in [0.29, 0.717) is 0 Å². The van der Waals surface area contributed by atoms with Crippen LogP contribution in [0.15, 0.2) is 18.3 Å². The minimum atomic E-state index is 0.132. The third-order valence-corrected chi connectivity index (χ3v) is 3.06. The van der Waals surface area contributed by atoms with Gasteiger partial charge >= 0.3 is 0 Å². The first-order chi connectivity index (χ1) is 8.29. The minimum Gasteiger partial charge on any atom is -0.370 e. The van der Waals surface area contributed by atoms with E-state index in [1.807, 2.05) is 12.1 Å². The molecule has 1 fully saturated rings. The molecule has 0 spiro atoms. The highest BCUT2D eigenvalue weighted by molar-refractivity contribution is 5.92. The van der Waals surface area contributed by atoms with Crippen LogP contribution in [0.1, 0.15) is 32.6 Å². The second-order valence-corrected chi connectivity index (χ2v) is 4.48. The van der Waals surface area contributed by atoms with Gasteiger partial charge in [-0.3, -0.25) is 4.79 Å². The van der Waals surface area contributed by atoms with Crippen LogP contribution in [0.3, 0.4) is 0 Å². The normalized spacial score (nSPS) is 15.1. The molecule has 92 valence electrons. The highest BCUT2D eigenvalue weighted by Gasteiger charge is 2.25. The summed E-state index contributed by atoms with van der Waals surface area (Å²) in [6.07, 6.45) is 6.00. The molecule has 1 saturated carbocycles. The van der Waals surface area contributed by atoms with Gasteiger partial charge in [0.2, 0.25) is 5.91 Å². The van der Waals surface area contributed by atoms with Crippen LogP contribution in [0.4, 0.5) is 11.5 Å². The van der Waals surface area contributed by atoms with Crippen LogP contribution < -0.4 is 10.6 Å². The maximum atomic E-state index is 11.7. The summed E-state index contributed by atoms with van der Waals surface area (Å²) in [5.74, 6) is 1.20. The molecular weight excluding hydrogens is 214 g/mol. The molecule has 0 radical (unpaired) electrons. The first-order valence-electron chi connectivity index (χ1n) is 6.30. The first-order valence-corrected chi connectivity index (χ1v) is 6.30. The Bertz CT molecular complexity index is 371. The summed E-state index contributed by atoms with van der Waals surface area (Å²) in [5, 5.41) is 6.09. The molecule has 1 aliphatic carbocycles. The number of nitrogens with one attached hydrogen (secondary N) is 2. The molecule has 1 amide bonds. The maximum Gasteiger partial charge on any atom is 0.227 e. The molecule has 1 heterocycles. The van der Waals surface area contributed by atoms with E-state index in [1.54, 1.807) is 6.20 Å². The number of anilines is 2. The summed E-state index contributed by atoms with van der Waals surface area (Å²) in [6, 6.07) is 3.79. The maximum absolute atomic E-state index is 11.7. The van der Waals surface area contributed by atoms with Gasteiger partial charge in [-0.2, -0.15) is 0 Å². The Kier molecular flexibility index (Phi) is 3.96. The summed E-state index contributed by atoms with van der Waals surface area (Å²) in [5.41, 5.74) is 0.781. The molecule has 2 rings (SSSR count). The Labute approximate surface area is 102 Å². The zero-order chi connectivity index (χ0) is 12.1. The molecule has 1 aromatic rings. The lowest BCUT2D eigenvalue weighted by molar-refractivity contribution is -0.122. The quantitative estimate of drug-likeness (QED) is 0.822. The lowest BCUT2D eigenvalue weighted by Gasteiger charge is -2.23. The molecule has 1 aromatic heterocycles. The summed E-state index contributed by atoms with van der Waals surface area (Å²) >= 11 is 0. The smallest absolute Gasteiger partial charge is 0.227 e. The van der Waals surface area contributed by atoms with Crippen molar-refractivity contribution in [2.45, 2.75) is 32.6 Å². The van der Waals surface area contributed by atoms with Gasteiger partial charge in [-0.15, -0.1) is 0 Å². The fourth-order valence-corrected chi connectivity index (χ4v) is 1.74. The van der Waals surface area contributed by atoms with Crippen molar-refractivity contribution >= 4 is 17.4 Å². The van der Waals surface area contributed by atoms with Crippen molar-refractivity contribution < 1.29 is 4.79 Å². The number of hydrogen-bond donors (Lipinski definition) is 2. The van der Waals surface area contributed by atoms with Gasteiger partial charge in [0.1, 0.15) is 5.82 Å². The third-order valence-electron chi connectivity index (χ3n) is 3.06. The van der Waals surface area contributed by atoms with E-state index in [-0.39, 0.29) is 11.8 Å². The average Bonchev–Trinajstić information content (AvgIpc) is 2.26. The lowest BCUT2D eigenvalue weighted by atomic mass is 9.85. The van der Waals surface area contributed by atoms with Crippen molar-refractivity contribution in [2.24, 2.45) is 5.92 Å². The van der Waals surface area contributed by atoms with Crippen LogP contribution in [0.5, 0.6) is 0 Å². The number of amides is 1. The van der Waals surface area contributed by atoms with E-state index in [1.165, 1.54) is 6.42 Å². The molecule has 0 saturated heterocycles. The molecule has 1 aliphatic rings. The monoisotopic (exact) mass is 233 g/mol. The molecule has 0 atom stereocenters. The van der Waals surface area contributed by atoms with Crippen LogP contribution in [0.2, 0.25) is 0 Å². The number of carbonyl (C=O) groups is 1. The molecule has 0 bridgehead atoms. The predicted molar refractivity (Wildman–Crippen MR) is 69.0 cm³/mol. The van der Waals surface area contributed by atoms with Crippen LogP contribution in [-0.2, 0) is 4.79 Å². The molecule has 0 aliphatic heterocycles. The van der Waals surface area contributed by atoms with Crippen LogP contribution in [0.25, 0.3) is 0 Å². The molecular formula is C13H19N3O. The largest absolute Gasteiger partial charge is 0.370 e. The van der Waals surface area contributed by atoms with Gasteiger partial charge in [-0.1, -0.05) is 13.3 Å². The van der Waals surface area contributed by atoms with Crippen molar-refractivity contribution in [3.8, 4) is 0 Å². The number of carbonyl (C=O) groups excluding carboxylic acids is 1. The van der Waals surface area contributed by atoms with E-state index in [9.17, 15) is 4.79 Å². The van der Waals surface area contributed by atoms with Gasteiger partial charge in [-0.05, 0) is 31.4 Å². The van der Waals surface area contributed by atoms with Crippen molar-refractivity contribution in [3.05, 3.63) is 18.3 Å². The molecule has 2 N–H and O–H groups in total. The van der Waals surface area contributed by atoms with Crippen LogP contribution in [0, 0.1) is 5.92 Å². The van der Waals surface area contributed by atoms with Gasteiger partial charge in [0.05, 0.1) is 11.9 Å². The second-order valence-electron chi connectivity index (χ2n) is 4.48. The van der Waals surface area contributed by atoms with E-state index < -0.39 is 0 Å². The topological polar surface area (TPSA) is 54.0 Å². The van der Waals surface area contributed by atoms with Crippen LogP contribution >= 0.6 is 0 Å². The number of hydrogen-bond acceptors (Lipinski definition) is 3. The molecule has 17 heavy (non-hydrogen) atoms. The van der Waals surface area contributed by atoms with Gasteiger partial charge in [0, 0.05) is 12.5 Å². The number of pyridine rings is 1. The fraction of sp³-hybridized carbons (Fsp3) is 0.538. The summed E-state index contributed by atoms with van der Waals surface area (Å²) < 4.78 is 0. The molecule has 0 unspecified atom stereocenters. The third kappa shape index (κ3) is 3.19. The van der Waals surface area contributed by atoms with Gasteiger partial charge < -0.3 is 10.6 Å². The first kappa shape index (κ1) is 11.9. The number of aromatic nitrogens is 1. The summed E-state index contributed by atoms with van der Waals surface area (Å²) in [7, 11) is 0. The zero-order valence-corrected chi connectivity index (χ0v) is 10.2. The molecule has 4 heteroatoms. The average molecular weight is 233 g/mol. The number of rotatable bonds is 5. The standard InChI is InChI=1S/C13H19N3O/c1-2-8-14-12-7-6-11(9-15-12)16-13(17)10-4-3-5-10/h6-7,9-10H,2-5,8H2,1H3,(H,14,15)(H,16,17). The Hall–Kier alpha value is -1.58. The summed E-state index contributed by atoms with van der Waals surface area (Å²) in [6.45, 7) is 3.03. The van der Waals surface area contributed by atoms with E-state index in [4.69, 9.17) is 0 Å². The Morgan fingerprint density at radius 3 is 2.82 bits per heavy atom. The van der Waals surface area contributed by atoms with E-state index in [2.05, 4.69) is 22.5 Å². The minimum absolute atomic E-state index is 0.132.